The number of hydrogen-bond acceptors (Lipinski definition) is 3. The van der Waals surface area contributed by atoms with Gasteiger partial charge in [0.1, 0.15) is 5.84 Å². The topological polar surface area (TPSA) is 97.0 Å². The molecule has 5 nitrogen and oxygen atoms in total. The van der Waals surface area contributed by atoms with E-state index in [1.807, 2.05) is 6.92 Å². The van der Waals surface area contributed by atoms with E-state index in [0.717, 1.165) is 12.8 Å². The number of amidine groups is 2. The Hall–Kier alpha value is -1.26. The highest BCUT2D eigenvalue weighted by atomic mass is 16.4. The van der Waals surface area contributed by atoms with Crippen molar-refractivity contribution in [3.63, 3.8) is 0 Å². The molecule has 0 aliphatic heterocycles. The zero-order valence-electron chi connectivity index (χ0n) is 8.20. The van der Waals surface area contributed by atoms with Crippen LogP contribution in [0.1, 0.15) is 26.7 Å². The van der Waals surface area contributed by atoms with Crippen LogP contribution in [-0.4, -0.2) is 23.4 Å². The minimum absolute atomic E-state index is 0.0956. The molecule has 0 rings (SSSR count). The first-order chi connectivity index (χ1) is 6.07. The van der Waals surface area contributed by atoms with Gasteiger partial charge in [0.15, 0.2) is 0 Å². The molecule has 5 N–H and O–H groups in total. The summed E-state index contributed by atoms with van der Waals surface area (Å²) in [5.74, 6) is 0.961. The van der Waals surface area contributed by atoms with E-state index in [1.165, 1.54) is 0 Å². The minimum Gasteiger partial charge on any atom is -0.409 e. The van der Waals surface area contributed by atoms with Crippen LogP contribution in [0.4, 0.5) is 0 Å². The first kappa shape index (κ1) is 11.7. The van der Waals surface area contributed by atoms with E-state index >= 15 is 0 Å². The molecule has 76 valence electrons. The number of oxime groups is 1. The summed E-state index contributed by atoms with van der Waals surface area (Å²) in [4.78, 5) is 4.03. The van der Waals surface area contributed by atoms with Gasteiger partial charge in [-0.15, -0.1) is 0 Å². The maximum absolute atomic E-state index is 8.37. The van der Waals surface area contributed by atoms with Crippen molar-refractivity contribution in [2.75, 3.05) is 6.54 Å². The Labute approximate surface area is 78.5 Å². The summed E-state index contributed by atoms with van der Waals surface area (Å²) in [6, 6.07) is 0. The zero-order valence-corrected chi connectivity index (χ0v) is 8.20. The van der Waals surface area contributed by atoms with Gasteiger partial charge in [0.05, 0.1) is 5.84 Å². The molecule has 0 saturated heterocycles. The molecule has 0 aromatic rings. The predicted octanol–water partition coefficient (Wildman–Crippen LogP) is 0.526. The molecule has 0 heterocycles. The second-order valence-corrected chi connectivity index (χ2v) is 3.09. The van der Waals surface area contributed by atoms with Gasteiger partial charge in [0.2, 0.25) is 0 Å². The van der Waals surface area contributed by atoms with Crippen molar-refractivity contribution < 1.29 is 5.21 Å². The van der Waals surface area contributed by atoms with Gasteiger partial charge in [-0.05, 0) is 19.8 Å². The molecular formula is C8H18N4O. The maximum Gasteiger partial charge on any atom is 0.141 e. The lowest BCUT2D eigenvalue weighted by molar-refractivity contribution is 0.313. The van der Waals surface area contributed by atoms with Crippen molar-refractivity contribution in [3.8, 4) is 0 Å². The average Bonchev–Trinajstić information content (AvgIpc) is 2.10. The fourth-order valence-corrected chi connectivity index (χ4v) is 0.899. The second-order valence-electron chi connectivity index (χ2n) is 3.09. The van der Waals surface area contributed by atoms with Crippen LogP contribution in [0.3, 0.4) is 0 Å². The van der Waals surface area contributed by atoms with Crippen LogP contribution < -0.4 is 11.5 Å². The van der Waals surface area contributed by atoms with Crippen molar-refractivity contribution in [3.05, 3.63) is 0 Å². The van der Waals surface area contributed by atoms with Crippen LogP contribution in [0, 0.1) is 5.92 Å². The highest BCUT2D eigenvalue weighted by molar-refractivity contribution is 5.81. The molecule has 0 radical (unpaired) electrons. The monoisotopic (exact) mass is 186 g/mol. The van der Waals surface area contributed by atoms with Gasteiger partial charge in [-0.2, -0.15) is 0 Å². The second kappa shape index (κ2) is 6.28. The van der Waals surface area contributed by atoms with Gasteiger partial charge in [-0.1, -0.05) is 12.1 Å². The van der Waals surface area contributed by atoms with Crippen molar-refractivity contribution in [1.82, 2.24) is 0 Å². The Balaban J connectivity index is 3.60. The van der Waals surface area contributed by atoms with Gasteiger partial charge in [0.25, 0.3) is 0 Å². The van der Waals surface area contributed by atoms with Crippen molar-refractivity contribution in [2.45, 2.75) is 26.7 Å². The van der Waals surface area contributed by atoms with E-state index in [0.29, 0.717) is 12.4 Å². The Morgan fingerprint density at radius 1 is 1.46 bits per heavy atom. The molecule has 0 amide bonds. The maximum atomic E-state index is 8.37. The highest BCUT2D eigenvalue weighted by Gasteiger charge is 2.05. The van der Waals surface area contributed by atoms with E-state index in [2.05, 4.69) is 10.1 Å². The summed E-state index contributed by atoms with van der Waals surface area (Å²) in [5.41, 5.74) is 10.8. The Kier molecular flexibility index (Phi) is 5.67. The number of rotatable bonds is 5. The summed E-state index contributed by atoms with van der Waals surface area (Å²) in [7, 11) is 0. The minimum atomic E-state index is 0.0956. The lowest BCUT2D eigenvalue weighted by Gasteiger charge is -2.07. The van der Waals surface area contributed by atoms with Gasteiger partial charge in [-0.25, -0.2) is 0 Å². The fourth-order valence-electron chi connectivity index (χ4n) is 0.899. The van der Waals surface area contributed by atoms with Gasteiger partial charge >= 0.3 is 0 Å². The van der Waals surface area contributed by atoms with Gasteiger partial charge in [0, 0.05) is 12.5 Å². The SMILES string of the molecule is CC(N)=NCCC[C@H](C)/C(N)=N/O. The molecule has 0 aliphatic rings. The molecule has 0 aliphatic carbocycles. The Morgan fingerprint density at radius 2 is 2.08 bits per heavy atom. The molecule has 0 spiro atoms. The fraction of sp³-hybridized carbons (Fsp3) is 0.750. The summed E-state index contributed by atoms with van der Waals surface area (Å²) < 4.78 is 0. The molecule has 5 heteroatoms. The van der Waals surface area contributed by atoms with Crippen LogP contribution in [-0.2, 0) is 0 Å². The van der Waals surface area contributed by atoms with Crippen LogP contribution in [0.15, 0.2) is 10.1 Å². The summed E-state index contributed by atoms with van der Waals surface area (Å²) in [6.07, 6.45) is 1.75. The molecule has 0 fully saturated rings. The van der Waals surface area contributed by atoms with Crippen LogP contribution >= 0.6 is 0 Å². The molecule has 0 bridgehead atoms. The van der Waals surface area contributed by atoms with E-state index < -0.39 is 0 Å². The third-order valence-electron chi connectivity index (χ3n) is 1.78. The molecule has 1 atom stereocenters. The summed E-state index contributed by atoms with van der Waals surface area (Å²) in [5, 5.41) is 11.3. The standard InChI is InChI=1S/C8H18N4O/c1-6(8(10)12-13)4-3-5-11-7(2)9/h6,13H,3-5H2,1-2H3,(H2,9,11)(H2,10,12)/t6-/m0/s1. The Morgan fingerprint density at radius 3 is 2.54 bits per heavy atom. The number of nitrogens with zero attached hydrogens (tertiary/aromatic N) is 2. The molecule has 0 unspecified atom stereocenters. The Bertz CT molecular complexity index is 196. The third-order valence-corrected chi connectivity index (χ3v) is 1.78. The lowest BCUT2D eigenvalue weighted by atomic mass is 10.1. The quantitative estimate of drug-likeness (QED) is 0.192. The molecule has 0 aromatic carbocycles. The van der Waals surface area contributed by atoms with E-state index in [-0.39, 0.29) is 11.8 Å². The predicted molar refractivity (Wildman–Crippen MR) is 54.0 cm³/mol. The zero-order chi connectivity index (χ0) is 10.3. The van der Waals surface area contributed by atoms with Gasteiger partial charge in [-0.3, -0.25) is 4.99 Å². The number of hydrogen-bond donors (Lipinski definition) is 3. The number of aliphatic imine (C=N–C) groups is 1. The molecule has 13 heavy (non-hydrogen) atoms. The van der Waals surface area contributed by atoms with Gasteiger partial charge < -0.3 is 16.7 Å². The van der Waals surface area contributed by atoms with E-state index in [9.17, 15) is 0 Å². The third kappa shape index (κ3) is 5.95. The van der Waals surface area contributed by atoms with Crippen LogP contribution in [0.2, 0.25) is 0 Å². The molecule has 0 aromatic heterocycles. The first-order valence-electron chi connectivity index (χ1n) is 4.32. The molecule has 0 saturated carbocycles. The molecular weight excluding hydrogens is 168 g/mol. The number of nitrogens with two attached hydrogens (primary N) is 2. The van der Waals surface area contributed by atoms with Crippen LogP contribution in [0.25, 0.3) is 0 Å². The van der Waals surface area contributed by atoms with Crippen LogP contribution in [0.5, 0.6) is 0 Å². The summed E-state index contributed by atoms with van der Waals surface area (Å²) >= 11 is 0. The highest BCUT2D eigenvalue weighted by Crippen LogP contribution is 2.05. The van der Waals surface area contributed by atoms with Crippen molar-refractivity contribution >= 4 is 11.7 Å². The first-order valence-corrected chi connectivity index (χ1v) is 4.32. The van der Waals surface area contributed by atoms with E-state index in [4.69, 9.17) is 16.7 Å². The normalized spacial score (nSPS) is 15.8. The average molecular weight is 186 g/mol. The smallest absolute Gasteiger partial charge is 0.141 e. The van der Waals surface area contributed by atoms with Crippen molar-refractivity contribution in [1.29, 1.82) is 0 Å². The lowest BCUT2D eigenvalue weighted by Crippen LogP contribution is -2.21. The largest absolute Gasteiger partial charge is 0.409 e. The van der Waals surface area contributed by atoms with E-state index in [1.54, 1.807) is 6.92 Å². The van der Waals surface area contributed by atoms with Crippen molar-refractivity contribution in [2.24, 2.45) is 27.5 Å². The summed E-state index contributed by atoms with van der Waals surface area (Å²) in [6.45, 7) is 4.37.